The number of hydrogen-bond donors (Lipinski definition) is 1. The summed E-state index contributed by atoms with van der Waals surface area (Å²) in [6.45, 7) is 5.56. The van der Waals surface area contributed by atoms with E-state index in [-0.39, 0.29) is 24.0 Å². The van der Waals surface area contributed by atoms with Gasteiger partial charge in [-0.15, -0.1) is 0 Å². The van der Waals surface area contributed by atoms with E-state index in [0.717, 1.165) is 11.1 Å². The third-order valence-electron chi connectivity index (χ3n) is 3.63. The second-order valence-corrected chi connectivity index (χ2v) is 8.19. The van der Waals surface area contributed by atoms with Crippen molar-refractivity contribution in [2.75, 3.05) is 18.1 Å². The first-order chi connectivity index (χ1) is 9.69. The first-order valence-corrected chi connectivity index (χ1v) is 8.73. The van der Waals surface area contributed by atoms with Gasteiger partial charge in [0.25, 0.3) is 5.91 Å². The zero-order valence-corrected chi connectivity index (χ0v) is 13.4. The lowest BCUT2D eigenvalue weighted by Crippen LogP contribution is -2.48. The van der Waals surface area contributed by atoms with E-state index in [0.29, 0.717) is 12.2 Å². The molecule has 1 fully saturated rings. The molecule has 5 nitrogen and oxygen atoms in total. The molecule has 1 N–H and O–H groups in total. The molecule has 1 aliphatic rings. The summed E-state index contributed by atoms with van der Waals surface area (Å²) in [7, 11) is -3.03. The molecule has 21 heavy (non-hydrogen) atoms. The fourth-order valence-corrected chi connectivity index (χ4v) is 4.68. The van der Waals surface area contributed by atoms with Crippen molar-refractivity contribution < 1.29 is 17.9 Å². The minimum atomic E-state index is -3.03. The highest BCUT2D eigenvalue weighted by molar-refractivity contribution is 7.91. The van der Waals surface area contributed by atoms with Crippen LogP contribution in [0.4, 0.5) is 0 Å². The van der Waals surface area contributed by atoms with E-state index in [1.54, 1.807) is 6.92 Å². The van der Waals surface area contributed by atoms with Gasteiger partial charge in [0.05, 0.1) is 17.0 Å². The molecule has 0 aromatic heterocycles. The van der Waals surface area contributed by atoms with Crippen LogP contribution in [-0.2, 0) is 14.6 Å². The molecule has 1 aromatic carbocycles. The first-order valence-electron chi connectivity index (χ1n) is 6.91. The Hall–Kier alpha value is -1.56. The van der Waals surface area contributed by atoms with E-state index in [9.17, 15) is 13.2 Å². The third-order valence-corrected chi connectivity index (χ3v) is 5.54. The number of ether oxygens (including phenoxy) is 1. The Morgan fingerprint density at radius 2 is 2.10 bits per heavy atom. The monoisotopic (exact) mass is 311 g/mol. The number of rotatable bonds is 4. The first kappa shape index (κ1) is 15.8. The molecule has 0 bridgehead atoms. The lowest BCUT2D eigenvalue weighted by Gasteiger charge is -2.23. The van der Waals surface area contributed by atoms with Crippen LogP contribution in [0.2, 0.25) is 0 Å². The van der Waals surface area contributed by atoms with Crippen LogP contribution in [0.5, 0.6) is 5.75 Å². The average molecular weight is 311 g/mol. The molecule has 0 unspecified atom stereocenters. The zero-order valence-electron chi connectivity index (χ0n) is 12.6. The molecular formula is C15H21NO4S. The van der Waals surface area contributed by atoms with E-state index >= 15 is 0 Å². The van der Waals surface area contributed by atoms with Crippen molar-refractivity contribution in [2.45, 2.75) is 32.7 Å². The van der Waals surface area contributed by atoms with Gasteiger partial charge in [-0.2, -0.15) is 0 Å². The molecule has 1 aromatic rings. The number of hydrogen-bond acceptors (Lipinski definition) is 4. The predicted molar refractivity (Wildman–Crippen MR) is 81.2 cm³/mol. The molecule has 1 aliphatic heterocycles. The molecule has 0 aliphatic carbocycles. The highest BCUT2D eigenvalue weighted by Crippen LogP contribution is 2.23. The number of sulfone groups is 1. The summed E-state index contributed by atoms with van der Waals surface area (Å²) in [5.74, 6) is 0.492. The molecule has 0 saturated carbocycles. The van der Waals surface area contributed by atoms with Crippen LogP contribution < -0.4 is 10.1 Å². The van der Waals surface area contributed by atoms with Crippen molar-refractivity contribution in [2.24, 2.45) is 0 Å². The van der Waals surface area contributed by atoms with Crippen molar-refractivity contribution in [3.63, 3.8) is 0 Å². The van der Waals surface area contributed by atoms with Gasteiger partial charge < -0.3 is 10.1 Å². The van der Waals surface area contributed by atoms with Crippen LogP contribution in [0.15, 0.2) is 18.2 Å². The Bertz CT molecular complexity index is 654. The Morgan fingerprint density at radius 3 is 2.67 bits per heavy atom. The van der Waals surface area contributed by atoms with Crippen molar-refractivity contribution in [3.8, 4) is 5.75 Å². The van der Waals surface area contributed by atoms with Crippen molar-refractivity contribution in [1.82, 2.24) is 5.32 Å². The van der Waals surface area contributed by atoms with E-state index in [1.165, 1.54) is 0 Å². The fourth-order valence-electron chi connectivity index (χ4n) is 2.59. The summed E-state index contributed by atoms with van der Waals surface area (Å²) in [6.07, 6.45) is 0.449. The third kappa shape index (κ3) is 4.20. The minimum Gasteiger partial charge on any atom is -0.484 e. The molecule has 1 saturated heterocycles. The second kappa shape index (κ2) is 5.67. The number of aryl methyl sites for hydroxylation is 2. The van der Waals surface area contributed by atoms with Gasteiger partial charge in [-0.1, -0.05) is 17.7 Å². The number of amides is 1. The van der Waals surface area contributed by atoms with E-state index in [4.69, 9.17) is 4.74 Å². The summed E-state index contributed by atoms with van der Waals surface area (Å²) in [5, 5.41) is 2.77. The lowest BCUT2D eigenvalue weighted by atomic mass is 10.0. The summed E-state index contributed by atoms with van der Waals surface area (Å²) < 4.78 is 28.5. The predicted octanol–water partition coefficient (Wildman–Crippen LogP) is 1.38. The largest absolute Gasteiger partial charge is 0.484 e. The molecule has 2 rings (SSSR count). The van der Waals surface area contributed by atoms with Gasteiger partial charge in [-0.05, 0) is 38.8 Å². The van der Waals surface area contributed by atoms with Crippen LogP contribution in [-0.4, -0.2) is 38.0 Å². The van der Waals surface area contributed by atoms with Crippen molar-refractivity contribution >= 4 is 15.7 Å². The van der Waals surface area contributed by atoms with Crippen molar-refractivity contribution in [3.05, 3.63) is 29.3 Å². The average Bonchev–Trinajstić information content (AvgIpc) is 2.62. The van der Waals surface area contributed by atoms with Gasteiger partial charge in [-0.25, -0.2) is 8.42 Å². The lowest BCUT2D eigenvalue weighted by molar-refractivity contribution is -0.124. The molecule has 1 atom stereocenters. The fraction of sp³-hybridized carbons (Fsp3) is 0.533. The molecule has 1 amide bonds. The zero-order chi connectivity index (χ0) is 15.7. The molecule has 116 valence electrons. The maximum atomic E-state index is 11.9. The topological polar surface area (TPSA) is 72.5 Å². The molecule has 1 heterocycles. The van der Waals surface area contributed by atoms with Crippen LogP contribution in [0, 0.1) is 13.8 Å². The van der Waals surface area contributed by atoms with Crippen LogP contribution >= 0.6 is 0 Å². The smallest absolute Gasteiger partial charge is 0.258 e. The Morgan fingerprint density at radius 1 is 1.38 bits per heavy atom. The molecule has 0 radical (unpaired) electrons. The van der Waals surface area contributed by atoms with Gasteiger partial charge in [0.2, 0.25) is 0 Å². The van der Waals surface area contributed by atoms with Crippen LogP contribution in [0.3, 0.4) is 0 Å². The summed E-state index contributed by atoms with van der Waals surface area (Å²) in [6, 6.07) is 5.74. The summed E-state index contributed by atoms with van der Waals surface area (Å²) >= 11 is 0. The standard InChI is InChI=1S/C15H21NO4S/c1-11-4-5-13(12(2)8-11)20-9-14(17)16-15(3)6-7-21(18,19)10-15/h4-5,8H,6-7,9-10H2,1-3H3,(H,16,17)/t15-/m0/s1. The molecule has 0 spiro atoms. The van der Waals surface area contributed by atoms with Crippen LogP contribution in [0.25, 0.3) is 0 Å². The van der Waals surface area contributed by atoms with E-state index < -0.39 is 15.4 Å². The highest BCUT2D eigenvalue weighted by atomic mass is 32.2. The van der Waals surface area contributed by atoms with Gasteiger partial charge >= 0.3 is 0 Å². The van der Waals surface area contributed by atoms with Crippen molar-refractivity contribution in [1.29, 1.82) is 0 Å². The van der Waals surface area contributed by atoms with Gasteiger partial charge in [-0.3, -0.25) is 4.79 Å². The number of carbonyl (C=O) groups is 1. The Kier molecular flexibility index (Phi) is 4.27. The van der Waals surface area contributed by atoms with Gasteiger partial charge in [0.1, 0.15) is 5.75 Å². The van der Waals surface area contributed by atoms with E-state index in [1.807, 2.05) is 32.0 Å². The minimum absolute atomic E-state index is 0.00466. The Balaban J connectivity index is 1.91. The second-order valence-electron chi connectivity index (χ2n) is 6.01. The summed E-state index contributed by atoms with van der Waals surface area (Å²) in [4.78, 5) is 11.9. The quantitative estimate of drug-likeness (QED) is 0.911. The number of carbonyl (C=O) groups excluding carboxylic acids is 1. The van der Waals surface area contributed by atoms with Crippen LogP contribution in [0.1, 0.15) is 24.5 Å². The molecular weight excluding hydrogens is 290 g/mol. The highest BCUT2D eigenvalue weighted by Gasteiger charge is 2.39. The normalized spacial score (nSPS) is 23.8. The SMILES string of the molecule is Cc1ccc(OCC(=O)N[C@@]2(C)CCS(=O)(=O)C2)c(C)c1. The van der Waals surface area contributed by atoms with Gasteiger partial charge in [0.15, 0.2) is 16.4 Å². The van der Waals surface area contributed by atoms with E-state index in [2.05, 4.69) is 5.32 Å². The number of nitrogens with one attached hydrogen (secondary N) is 1. The maximum Gasteiger partial charge on any atom is 0.258 e. The number of benzene rings is 1. The van der Waals surface area contributed by atoms with Gasteiger partial charge in [0, 0.05) is 0 Å². The Labute approximate surface area is 125 Å². The summed E-state index contributed by atoms with van der Waals surface area (Å²) in [5.41, 5.74) is 1.42. The maximum absolute atomic E-state index is 11.9. The molecule has 6 heteroatoms.